The normalized spacial score (nSPS) is 22.7. The quantitative estimate of drug-likeness (QED) is 0.749. The van der Waals surface area contributed by atoms with Crippen molar-refractivity contribution in [1.82, 2.24) is 14.3 Å². The van der Waals surface area contributed by atoms with Gasteiger partial charge >= 0.3 is 0 Å². The molecule has 0 saturated carbocycles. The van der Waals surface area contributed by atoms with Gasteiger partial charge in [-0.25, -0.2) is 26.8 Å². The highest BCUT2D eigenvalue weighted by Crippen LogP contribution is 2.22. The number of nitrogen functional groups attached to an aromatic ring is 1. The molecule has 1 saturated heterocycles. The van der Waals surface area contributed by atoms with Crippen LogP contribution in [0.4, 0.5) is 5.95 Å². The van der Waals surface area contributed by atoms with Crippen molar-refractivity contribution in [3.8, 4) is 0 Å². The fraction of sp³-hybridized carbons (Fsp3) is 0.556. The average Bonchev–Trinajstić information content (AvgIpc) is 2.69. The number of sulfonamides is 1. The molecule has 2 rings (SSSR count). The third kappa shape index (κ3) is 2.85. The summed E-state index contributed by atoms with van der Waals surface area (Å²) in [5.74, 6) is -0.168. The van der Waals surface area contributed by atoms with E-state index in [2.05, 4.69) is 9.97 Å². The number of nitrogens with two attached hydrogens (primary N) is 1. The smallest absolute Gasteiger partial charge is 0.246 e. The Morgan fingerprint density at radius 3 is 2.42 bits per heavy atom. The van der Waals surface area contributed by atoms with Gasteiger partial charge in [0.15, 0.2) is 9.84 Å². The first-order valence-corrected chi connectivity index (χ1v) is 8.74. The topological polar surface area (TPSA) is 123 Å². The molecule has 0 bridgehead atoms. The van der Waals surface area contributed by atoms with Gasteiger partial charge in [-0.2, -0.15) is 4.31 Å². The van der Waals surface area contributed by atoms with E-state index >= 15 is 0 Å². The number of rotatable bonds is 3. The van der Waals surface area contributed by atoms with Gasteiger partial charge in [0, 0.05) is 13.1 Å². The van der Waals surface area contributed by atoms with Crippen molar-refractivity contribution in [2.45, 2.75) is 17.4 Å². The number of anilines is 1. The minimum Gasteiger partial charge on any atom is -0.368 e. The second-order valence-corrected chi connectivity index (χ2v) is 8.58. The minimum atomic E-state index is -3.80. The predicted molar refractivity (Wildman–Crippen MR) is 68.5 cm³/mol. The lowest BCUT2D eigenvalue weighted by molar-refractivity contribution is 0.393. The Balaban J connectivity index is 2.27. The fourth-order valence-electron chi connectivity index (χ4n) is 1.88. The molecule has 1 aliphatic heterocycles. The molecule has 0 amide bonds. The van der Waals surface area contributed by atoms with E-state index < -0.39 is 25.9 Å². The lowest BCUT2D eigenvalue weighted by atomic mass is 10.3. The summed E-state index contributed by atoms with van der Waals surface area (Å²) in [5, 5.41) is 0. The van der Waals surface area contributed by atoms with Gasteiger partial charge in [-0.3, -0.25) is 0 Å². The monoisotopic (exact) mass is 306 g/mol. The molecule has 1 aliphatic rings. The highest BCUT2D eigenvalue weighted by Gasteiger charge is 2.36. The summed E-state index contributed by atoms with van der Waals surface area (Å²) < 4.78 is 48.3. The van der Waals surface area contributed by atoms with Crippen molar-refractivity contribution >= 4 is 25.8 Å². The van der Waals surface area contributed by atoms with E-state index in [9.17, 15) is 16.8 Å². The Hall–Kier alpha value is -1.26. The van der Waals surface area contributed by atoms with Gasteiger partial charge in [0.05, 0.1) is 23.9 Å². The SMILES string of the molecule is CN(C1CCS(=O)(=O)C1)S(=O)(=O)c1cnc(N)nc1. The number of sulfone groups is 1. The summed E-state index contributed by atoms with van der Waals surface area (Å²) in [7, 11) is -5.59. The molecule has 2 N–H and O–H groups in total. The van der Waals surface area contributed by atoms with Crippen LogP contribution in [0.25, 0.3) is 0 Å². The largest absolute Gasteiger partial charge is 0.368 e. The van der Waals surface area contributed by atoms with Gasteiger partial charge < -0.3 is 5.73 Å². The first kappa shape index (κ1) is 14.2. The van der Waals surface area contributed by atoms with Gasteiger partial charge in [-0.15, -0.1) is 0 Å². The molecule has 0 aliphatic carbocycles. The molecule has 19 heavy (non-hydrogen) atoms. The fourth-order valence-corrected chi connectivity index (χ4v) is 5.03. The van der Waals surface area contributed by atoms with Crippen LogP contribution in [0.1, 0.15) is 6.42 Å². The van der Waals surface area contributed by atoms with Crippen LogP contribution in [0.2, 0.25) is 0 Å². The van der Waals surface area contributed by atoms with Crippen molar-refractivity contribution in [2.24, 2.45) is 0 Å². The first-order chi connectivity index (χ1) is 8.72. The maximum Gasteiger partial charge on any atom is 0.246 e. The zero-order valence-electron chi connectivity index (χ0n) is 10.2. The van der Waals surface area contributed by atoms with Gasteiger partial charge in [-0.1, -0.05) is 0 Å². The molecular formula is C9H14N4O4S2. The lowest BCUT2D eigenvalue weighted by Gasteiger charge is -2.22. The Labute approximate surface area is 111 Å². The first-order valence-electron chi connectivity index (χ1n) is 5.48. The molecule has 106 valence electrons. The molecular weight excluding hydrogens is 292 g/mol. The minimum absolute atomic E-state index is 0.00969. The summed E-state index contributed by atoms with van der Waals surface area (Å²) in [4.78, 5) is 7.15. The third-order valence-electron chi connectivity index (χ3n) is 3.05. The van der Waals surface area contributed by atoms with Crippen molar-refractivity contribution < 1.29 is 16.8 Å². The molecule has 2 heterocycles. The van der Waals surface area contributed by atoms with Crippen LogP contribution < -0.4 is 5.73 Å². The predicted octanol–water partition coefficient (Wildman–Crippen LogP) is -1.13. The number of nitrogens with zero attached hydrogens (tertiary/aromatic N) is 3. The third-order valence-corrected chi connectivity index (χ3v) is 6.66. The van der Waals surface area contributed by atoms with Crippen LogP contribution >= 0.6 is 0 Å². The number of aromatic nitrogens is 2. The second-order valence-electron chi connectivity index (χ2n) is 4.36. The van der Waals surface area contributed by atoms with E-state index in [1.54, 1.807) is 0 Å². The van der Waals surface area contributed by atoms with Gasteiger partial charge in [0.25, 0.3) is 0 Å². The Bertz CT molecular complexity index is 669. The van der Waals surface area contributed by atoms with Crippen LogP contribution in [0.3, 0.4) is 0 Å². The maximum atomic E-state index is 12.3. The highest BCUT2D eigenvalue weighted by molar-refractivity contribution is 7.92. The summed E-state index contributed by atoms with van der Waals surface area (Å²) in [6.07, 6.45) is 2.52. The van der Waals surface area contributed by atoms with Crippen LogP contribution in [0.5, 0.6) is 0 Å². The van der Waals surface area contributed by atoms with E-state index in [0.29, 0.717) is 6.42 Å². The molecule has 0 spiro atoms. The average molecular weight is 306 g/mol. The molecule has 1 fully saturated rings. The van der Waals surface area contributed by atoms with Crippen molar-refractivity contribution in [1.29, 1.82) is 0 Å². The maximum absolute atomic E-state index is 12.3. The zero-order valence-corrected chi connectivity index (χ0v) is 11.9. The summed E-state index contributed by atoms with van der Waals surface area (Å²) >= 11 is 0. The van der Waals surface area contributed by atoms with Crippen LogP contribution in [-0.2, 0) is 19.9 Å². The molecule has 1 atom stereocenters. The Kier molecular flexibility index (Phi) is 3.49. The molecule has 1 unspecified atom stereocenters. The summed E-state index contributed by atoms with van der Waals surface area (Å²) in [5.41, 5.74) is 5.29. The van der Waals surface area contributed by atoms with E-state index in [4.69, 9.17) is 5.73 Å². The Morgan fingerprint density at radius 2 is 1.95 bits per heavy atom. The van der Waals surface area contributed by atoms with Crippen LogP contribution in [0.15, 0.2) is 17.3 Å². The van der Waals surface area contributed by atoms with Crippen LogP contribution in [0, 0.1) is 0 Å². The van der Waals surface area contributed by atoms with Gasteiger partial charge in [-0.05, 0) is 6.42 Å². The summed E-state index contributed by atoms with van der Waals surface area (Å²) in [6, 6.07) is -0.549. The lowest BCUT2D eigenvalue weighted by Crippen LogP contribution is -2.37. The van der Waals surface area contributed by atoms with Crippen LogP contribution in [-0.4, -0.2) is 55.7 Å². The molecule has 8 nitrogen and oxygen atoms in total. The van der Waals surface area contributed by atoms with E-state index in [-0.39, 0.29) is 22.3 Å². The van der Waals surface area contributed by atoms with Gasteiger partial charge in [0.1, 0.15) is 4.90 Å². The van der Waals surface area contributed by atoms with Crippen molar-refractivity contribution in [2.75, 3.05) is 24.3 Å². The molecule has 0 radical (unpaired) electrons. The molecule has 10 heteroatoms. The molecule has 1 aromatic rings. The van der Waals surface area contributed by atoms with E-state index in [0.717, 1.165) is 16.7 Å². The second kappa shape index (κ2) is 4.69. The van der Waals surface area contributed by atoms with E-state index in [1.807, 2.05) is 0 Å². The Morgan fingerprint density at radius 1 is 1.37 bits per heavy atom. The molecule has 0 aromatic carbocycles. The van der Waals surface area contributed by atoms with Crippen molar-refractivity contribution in [3.05, 3.63) is 12.4 Å². The summed E-state index contributed by atoms with van der Waals surface area (Å²) in [6.45, 7) is 0. The van der Waals surface area contributed by atoms with E-state index in [1.165, 1.54) is 7.05 Å². The van der Waals surface area contributed by atoms with Gasteiger partial charge in [0.2, 0.25) is 16.0 Å². The zero-order chi connectivity index (χ0) is 14.3. The highest BCUT2D eigenvalue weighted by atomic mass is 32.2. The van der Waals surface area contributed by atoms with Crippen molar-refractivity contribution in [3.63, 3.8) is 0 Å². The number of hydrogen-bond donors (Lipinski definition) is 1. The number of hydrogen-bond acceptors (Lipinski definition) is 7. The molecule has 1 aromatic heterocycles. The standard InChI is InChI=1S/C9H14N4O4S2/c1-13(7-2-3-18(14,15)6-7)19(16,17)8-4-11-9(10)12-5-8/h4-5,7H,2-3,6H2,1H3,(H2,10,11,12).